The van der Waals surface area contributed by atoms with Gasteiger partial charge in [-0.1, -0.05) is 36.4 Å². The van der Waals surface area contributed by atoms with Gasteiger partial charge in [0.15, 0.2) is 0 Å². The van der Waals surface area contributed by atoms with Crippen molar-refractivity contribution in [3.05, 3.63) is 65.7 Å². The lowest BCUT2D eigenvalue weighted by molar-refractivity contribution is -0.142. The van der Waals surface area contributed by atoms with Crippen LogP contribution in [0.2, 0.25) is 0 Å². The van der Waals surface area contributed by atoms with Crippen LogP contribution >= 0.6 is 0 Å². The number of para-hydroxylation sites is 1. The molecule has 2 aromatic carbocycles. The quantitative estimate of drug-likeness (QED) is 0.783. The van der Waals surface area contributed by atoms with Crippen LogP contribution in [0.25, 0.3) is 0 Å². The van der Waals surface area contributed by atoms with Gasteiger partial charge in [-0.05, 0) is 31.0 Å². The lowest BCUT2D eigenvalue weighted by Crippen LogP contribution is -2.52. The summed E-state index contributed by atoms with van der Waals surface area (Å²) in [6.07, 6.45) is 1.44. The van der Waals surface area contributed by atoms with Crippen molar-refractivity contribution in [3.63, 3.8) is 0 Å². The number of hydrogen-bond donors (Lipinski definition) is 0. The Balaban J connectivity index is 1.37. The highest BCUT2D eigenvalue weighted by atomic mass is 16.5. The number of carbonyl (C=O) groups excluding carboxylic acids is 2. The largest absolute Gasteiger partial charge is 0.489 e. The first-order chi connectivity index (χ1) is 14.2. The van der Waals surface area contributed by atoms with E-state index >= 15 is 0 Å². The van der Waals surface area contributed by atoms with Gasteiger partial charge >= 0.3 is 0 Å². The Morgan fingerprint density at radius 3 is 2.34 bits per heavy atom. The highest BCUT2D eigenvalue weighted by molar-refractivity contribution is 5.96. The summed E-state index contributed by atoms with van der Waals surface area (Å²) in [4.78, 5) is 29.3. The van der Waals surface area contributed by atoms with Crippen LogP contribution in [-0.4, -0.2) is 60.5 Å². The zero-order valence-corrected chi connectivity index (χ0v) is 16.5. The molecule has 6 heteroatoms. The molecule has 0 bridgehead atoms. The molecule has 0 saturated carbocycles. The monoisotopic (exact) mass is 394 g/mol. The molecule has 2 aliphatic heterocycles. The molecule has 2 saturated heterocycles. The zero-order valence-electron chi connectivity index (χ0n) is 16.5. The van der Waals surface area contributed by atoms with E-state index in [0.29, 0.717) is 45.0 Å². The number of piperazine rings is 1. The number of rotatable bonds is 5. The molecule has 2 fully saturated rings. The summed E-state index contributed by atoms with van der Waals surface area (Å²) in [5.41, 5.74) is 1.52. The minimum Gasteiger partial charge on any atom is -0.489 e. The van der Waals surface area contributed by atoms with Gasteiger partial charge in [0.2, 0.25) is 0 Å². The number of amides is 2. The first-order valence-corrected chi connectivity index (χ1v) is 10.2. The molecule has 2 aromatic rings. The summed E-state index contributed by atoms with van der Waals surface area (Å²) in [5.74, 6) is 0.823. The predicted molar refractivity (Wildman–Crippen MR) is 109 cm³/mol. The van der Waals surface area contributed by atoms with E-state index in [2.05, 4.69) is 0 Å². The molecule has 4 rings (SSSR count). The van der Waals surface area contributed by atoms with Gasteiger partial charge in [0, 0.05) is 43.9 Å². The standard InChI is InChI=1S/C23H26N2O4/c26-22(24-12-14-25(15-13-24)23(27)21-11-6-16-28-21)20-10-5-4-7-18(20)17-29-19-8-2-1-3-9-19/h1-5,7-10,21H,6,11-17H2. The van der Waals surface area contributed by atoms with Gasteiger partial charge < -0.3 is 19.3 Å². The molecule has 0 N–H and O–H groups in total. The van der Waals surface area contributed by atoms with Crippen molar-refractivity contribution in [2.24, 2.45) is 0 Å². The van der Waals surface area contributed by atoms with Crippen LogP contribution in [0.3, 0.4) is 0 Å². The van der Waals surface area contributed by atoms with Crippen LogP contribution in [0.5, 0.6) is 5.75 Å². The molecule has 0 aliphatic carbocycles. The van der Waals surface area contributed by atoms with Gasteiger partial charge in [0.05, 0.1) is 0 Å². The Morgan fingerprint density at radius 2 is 1.62 bits per heavy atom. The van der Waals surface area contributed by atoms with Crippen molar-refractivity contribution in [2.45, 2.75) is 25.6 Å². The van der Waals surface area contributed by atoms with Gasteiger partial charge in [-0.3, -0.25) is 9.59 Å². The molecule has 6 nitrogen and oxygen atoms in total. The Labute approximate surface area is 171 Å². The number of nitrogens with zero attached hydrogens (tertiary/aromatic N) is 2. The van der Waals surface area contributed by atoms with Gasteiger partial charge in [0.1, 0.15) is 18.5 Å². The van der Waals surface area contributed by atoms with E-state index in [0.717, 1.165) is 24.2 Å². The Hall–Kier alpha value is -2.86. The SMILES string of the molecule is O=C(c1ccccc1COc1ccccc1)N1CCN(C(=O)C2CCCO2)CC1. The van der Waals surface area contributed by atoms with Crippen molar-refractivity contribution >= 4 is 11.8 Å². The van der Waals surface area contributed by atoms with Crippen LogP contribution in [-0.2, 0) is 16.1 Å². The van der Waals surface area contributed by atoms with Gasteiger partial charge in [-0.2, -0.15) is 0 Å². The highest BCUT2D eigenvalue weighted by Crippen LogP contribution is 2.19. The van der Waals surface area contributed by atoms with E-state index in [1.54, 1.807) is 0 Å². The van der Waals surface area contributed by atoms with Crippen molar-refractivity contribution in [1.82, 2.24) is 9.80 Å². The van der Waals surface area contributed by atoms with Crippen LogP contribution in [0.1, 0.15) is 28.8 Å². The van der Waals surface area contributed by atoms with E-state index in [9.17, 15) is 9.59 Å². The molecule has 152 valence electrons. The van der Waals surface area contributed by atoms with Crippen LogP contribution in [0.15, 0.2) is 54.6 Å². The second-order valence-corrected chi connectivity index (χ2v) is 7.38. The van der Waals surface area contributed by atoms with Crippen molar-refractivity contribution in [3.8, 4) is 5.75 Å². The second-order valence-electron chi connectivity index (χ2n) is 7.38. The molecule has 2 heterocycles. The summed E-state index contributed by atoms with van der Waals surface area (Å²) in [7, 11) is 0. The lowest BCUT2D eigenvalue weighted by Gasteiger charge is -2.36. The number of carbonyl (C=O) groups is 2. The third kappa shape index (κ3) is 4.59. The second kappa shape index (κ2) is 9.09. The predicted octanol–water partition coefficient (Wildman–Crippen LogP) is 2.73. The molecule has 1 atom stereocenters. The van der Waals surface area contributed by atoms with Crippen LogP contribution in [0, 0.1) is 0 Å². The van der Waals surface area contributed by atoms with Crippen LogP contribution < -0.4 is 4.74 Å². The van der Waals surface area contributed by atoms with E-state index in [1.807, 2.05) is 64.4 Å². The third-order valence-electron chi connectivity index (χ3n) is 5.47. The fourth-order valence-corrected chi connectivity index (χ4v) is 3.81. The molecular formula is C23H26N2O4. The summed E-state index contributed by atoms with van der Waals surface area (Å²) in [6.45, 7) is 3.16. The van der Waals surface area contributed by atoms with Crippen LogP contribution in [0.4, 0.5) is 0 Å². The third-order valence-corrected chi connectivity index (χ3v) is 5.47. The molecule has 0 aromatic heterocycles. The molecule has 1 unspecified atom stereocenters. The maximum atomic E-state index is 13.1. The topological polar surface area (TPSA) is 59.1 Å². The summed E-state index contributed by atoms with van der Waals surface area (Å²) in [6, 6.07) is 17.1. The lowest BCUT2D eigenvalue weighted by atomic mass is 10.1. The summed E-state index contributed by atoms with van der Waals surface area (Å²) >= 11 is 0. The van der Waals surface area contributed by atoms with Gasteiger partial charge in [-0.25, -0.2) is 0 Å². The van der Waals surface area contributed by atoms with E-state index in [-0.39, 0.29) is 17.9 Å². The zero-order chi connectivity index (χ0) is 20.1. The molecule has 0 radical (unpaired) electrons. The summed E-state index contributed by atoms with van der Waals surface area (Å²) in [5, 5.41) is 0. The number of hydrogen-bond acceptors (Lipinski definition) is 4. The minimum atomic E-state index is -0.298. The molecule has 2 aliphatic rings. The molecule has 0 spiro atoms. The fourth-order valence-electron chi connectivity index (χ4n) is 3.81. The van der Waals surface area contributed by atoms with Gasteiger partial charge in [-0.15, -0.1) is 0 Å². The smallest absolute Gasteiger partial charge is 0.254 e. The molecule has 29 heavy (non-hydrogen) atoms. The Morgan fingerprint density at radius 1 is 0.931 bits per heavy atom. The van der Waals surface area contributed by atoms with Crippen molar-refractivity contribution < 1.29 is 19.1 Å². The highest BCUT2D eigenvalue weighted by Gasteiger charge is 2.31. The first kappa shape index (κ1) is 19.5. The Kier molecular flexibility index (Phi) is 6.10. The minimum absolute atomic E-state index is 0.0125. The number of ether oxygens (including phenoxy) is 2. The van der Waals surface area contributed by atoms with E-state index in [1.165, 1.54) is 0 Å². The number of benzene rings is 2. The van der Waals surface area contributed by atoms with Crippen molar-refractivity contribution in [2.75, 3.05) is 32.8 Å². The molecule has 2 amide bonds. The summed E-state index contributed by atoms with van der Waals surface area (Å²) < 4.78 is 11.3. The Bertz CT molecular complexity index is 841. The molecular weight excluding hydrogens is 368 g/mol. The van der Waals surface area contributed by atoms with E-state index in [4.69, 9.17) is 9.47 Å². The maximum Gasteiger partial charge on any atom is 0.254 e. The van der Waals surface area contributed by atoms with E-state index < -0.39 is 0 Å². The fraction of sp³-hybridized carbons (Fsp3) is 0.391. The maximum absolute atomic E-state index is 13.1. The normalized spacial score (nSPS) is 19.2. The average Bonchev–Trinajstić information content (AvgIpc) is 3.33. The van der Waals surface area contributed by atoms with Gasteiger partial charge in [0.25, 0.3) is 11.8 Å². The first-order valence-electron chi connectivity index (χ1n) is 10.2. The average molecular weight is 394 g/mol. The van der Waals surface area contributed by atoms with Crippen molar-refractivity contribution in [1.29, 1.82) is 0 Å².